The third-order valence-corrected chi connectivity index (χ3v) is 3.88. The Hall–Kier alpha value is -1.82. The molecule has 0 fully saturated rings. The van der Waals surface area contributed by atoms with Crippen LogP contribution in [0.1, 0.15) is 36.7 Å². The van der Waals surface area contributed by atoms with E-state index in [-0.39, 0.29) is 11.7 Å². The van der Waals surface area contributed by atoms with Crippen molar-refractivity contribution in [1.82, 2.24) is 14.8 Å². The fourth-order valence-electron chi connectivity index (χ4n) is 2.20. The zero-order valence-electron chi connectivity index (χ0n) is 12.6. The van der Waals surface area contributed by atoms with E-state index in [1.54, 1.807) is 0 Å². The summed E-state index contributed by atoms with van der Waals surface area (Å²) < 4.78 is 1.96. The molecular formula is C15H19N3O2S. The lowest BCUT2D eigenvalue weighted by Gasteiger charge is -2.13. The molecule has 0 radical (unpaired) electrons. The molecule has 1 heterocycles. The Labute approximate surface area is 128 Å². The number of aromatic nitrogens is 3. The van der Waals surface area contributed by atoms with Crippen LogP contribution in [0.3, 0.4) is 0 Å². The van der Waals surface area contributed by atoms with Crippen molar-refractivity contribution >= 4 is 17.7 Å². The largest absolute Gasteiger partial charge is 0.481 e. The lowest BCUT2D eigenvalue weighted by atomic mass is 10.1. The van der Waals surface area contributed by atoms with Crippen molar-refractivity contribution in [1.29, 1.82) is 0 Å². The standard InChI is InChI=1S/C15H19N3O2S/c1-9(2)14-16-17-15(21-8-13(19)20)18(14)12-6-10(3)5-11(4)7-12/h5-7,9H,8H2,1-4H3,(H,19,20). The van der Waals surface area contributed by atoms with Crippen LogP contribution in [0.15, 0.2) is 23.4 Å². The minimum atomic E-state index is -0.860. The van der Waals surface area contributed by atoms with Gasteiger partial charge in [-0.15, -0.1) is 10.2 Å². The lowest BCUT2D eigenvalue weighted by Crippen LogP contribution is -2.06. The summed E-state index contributed by atoms with van der Waals surface area (Å²) in [6.07, 6.45) is 0. The average molecular weight is 305 g/mol. The Bertz CT molecular complexity index is 645. The molecule has 2 rings (SSSR count). The first-order chi connectivity index (χ1) is 9.88. The number of carboxylic acids is 1. The van der Waals surface area contributed by atoms with Gasteiger partial charge in [0, 0.05) is 11.6 Å². The Balaban J connectivity index is 2.52. The monoisotopic (exact) mass is 305 g/mol. The highest BCUT2D eigenvalue weighted by Crippen LogP contribution is 2.26. The first-order valence-corrected chi connectivity index (χ1v) is 7.75. The average Bonchev–Trinajstić information content (AvgIpc) is 2.78. The quantitative estimate of drug-likeness (QED) is 0.859. The number of rotatable bonds is 5. The van der Waals surface area contributed by atoms with Crippen LogP contribution >= 0.6 is 11.8 Å². The summed E-state index contributed by atoms with van der Waals surface area (Å²) in [6.45, 7) is 8.18. The van der Waals surface area contributed by atoms with Gasteiger partial charge in [0.25, 0.3) is 0 Å². The number of benzene rings is 1. The van der Waals surface area contributed by atoms with Crippen LogP contribution in [0, 0.1) is 13.8 Å². The fraction of sp³-hybridized carbons (Fsp3) is 0.400. The lowest BCUT2D eigenvalue weighted by molar-refractivity contribution is -0.133. The van der Waals surface area contributed by atoms with Crippen molar-refractivity contribution in [3.05, 3.63) is 35.2 Å². The summed E-state index contributed by atoms with van der Waals surface area (Å²) in [4.78, 5) is 10.8. The maximum Gasteiger partial charge on any atom is 0.313 e. The molecule has 0 aliphatic carbocycles. The number of hydrogen-bond acceptors (Lipinski definition) is 4. The summed E-state index contributed by atoms with van der Waals surface area (Å²) in [6, 6.07) is 6.23. The molecule has 0 saturated carbocycles. The molecule has 1 aromatic carbocycles. The van der Waals surface area contributed by atoms with E-state index in [1.807, 2.05) is 18.4 Å². The highest BCUT2D eigenvalue weighted by Gasteiger charge is 2.18. The molecule has 1 aromatic heterocycles. The summed E-state index contributed by atoms with van der Waals surface area (Å²) in [5, 5.41) is 17.9. The molecule has 0 amide bonds. The van der Waals surface area contributed by atoms with Gasteiger partial charge in [-0.25, -0.2) is 0 Å². The molecule has 0 unspecified atom stereocenters. The summed E-state index contributed by atoms with van der Waals surface area (Å²) in [5.41, 5.74) is 3.29. The smallest absolute Gasteiger partial charge is 0.313 e. The molecule has 1 N–H and O–H groups in total. The minimum Gasteiger partial charge on any atom is -0.481 e. The van der Waals surface area contributed by atoms with E-state index in [0.29, 0.717) is 5.16 Å². The van der Waals surface area contributed by atoms with Crippen LogP contribution in [-0.4, -0.2) is 31.6 Å². The van der Waals surface area contributed by atoms with Crippen LogP contribution in [0.25, 0.3) is 5.69 Å². The van der Waals surface area contributed by atoms with Gasteiger partial charge < -0.3 is 5.11 Å². The maximum absolute atomic E-state index is 10.8. The zero-order chi connectivity index (χ0) is 15.6. The second kappa shape index (κ2) is 6.30. The van der Waals surface area contributed by atoms with Crippen molar-refractivity contribution < 1.29 is 9.90 Å². The van der Waals surface area contributed by atoms with Crippen LogP contribution < -0.4 is 0 Å². The van der Waals surface area contributed by atoms with Crippen LogP contribution in [0.2, 0.25) is 0 Å². The fourth-order valence-corrected chi connectivity index (χ4v) is 2.88. The van der Waals surface area contributed by atoms with Crippen molar-refractivity contribution in [3.8, 4) is 5.69 Å². The van der Waals surface area contributed by atoms with Gasteiger partial charge >= 0.3 is 5.97 Å². The predicted octanol–water partition coefficient (Wildman–Crippen LogP) is 3.18. The molecule has 0 atom stereocenters. The third kappa shape index (κ3) is 3.64. The van der Waals surface area contributed by atoms with E-state index in [1.165, 1.54) is 11.8 Å². The Morgan fingerprint density at radius 1 is 1.24 bits per heavy atom. The molecule has 112 valence electrons. The van der Waals surface area contributed by atoms with Gasteiger partial charge in [-0.1, -0.05) is 31.7 Å². The maximum atomic E-state index is 10.8. The van der Waals surface area contributed by atoms with E-state index in [0.717, 1.165) is 22.6 Å². The molecule has 5 nitrogen and oxygen atoms in total. The third-order valence-electron chi connectivity index (χ3n) is 2.96. The molecule has 0 aliphatic heterocycles. The summed E-state index contributed by atoms with van der Waals surface area (Å²) in [5.74, 6) is 0.160. The minimum absolute atomic E-state index is 0.0268. The Morgan fingerprint density at radius 2 is 1.86 bits per heavy atom. The molecule has 0 bridgehead atoms. The predicted molar refractivity (Wildman–Crippen MR) is 83.3 cm³/mol. The first kappa shape index (κ1) is 15.6. The van der Waals surface area contributed by atoms with Gasteiger partial charge in [-0.2, -0.15) is 0 Å². The number of nitrogens with zero attached hydrogens (tertiary/aromatic N) is 3. The highest BCUT2D eigenvalue weighted by molar-refractivity contribution is 7.99. The van der Waals surface area contributed by atoms with Crippen LogP contribution in [0.4, 0.5) is 0 Å². The van der Waals surface area contributed by atoms with Gasteiger partial charge in [-0.05, 0) is 37.1 Å². The van der Waals surface area contributed by atoms with Gasteiger partial charge in [0.1, 0.15) is 5.82 Å². The molecule has 2 aromatic rings. The van der Waals surface area contributed by atoms with E-state index in [4.69, 9.17) is 5.11 Å². The van der Waals surface area contributed by atoms with Crippen molar-refractivity contribution in [3.63, 3.8) is 0 Å². The Morgan fingerprint density at radius 3 is 2.38 bits per heavy atom. The number of thioether (sulfide) groups is 1. The molecule has 6 heteroatoms. The van der Waals surface area contributed by atoms with Crippen molar-refractivity contribution in [2.24, 2.45) is 0 Å². The van der Waals surface area contributed by atoms with Gasteiger partial charge in [0.05, 0.1) is 5.75 Å². The molecule has 21 heavy (non-hydrogen) atoms. The van der Waals surface area contributed by atoms with Crippen LogP contribution in [-0.2, 0) is 4.79 Å². The molecule has 0 saturated heterocycles. The first-order valence-electron chi connectivity index (χ1n) is 6.77. The second-order valence-electron chi connectivity index (χ2n) is 5.36. The normalized spacial score (nSPS) is 11.1. The SMILES string of the molecule is Cc1cc(C)cc(-n2c(SCC(=O)O)nnc2C(C)C)c1. The zero-order valence-corrected chi connectivity index (χ0v) is 13.4. The summed E-state index contributed by atoms with van der Waals surface area (Å²) >= 11 is 1.19. The number of hydrogen-bond donors (Lipinski definition) is 1. The summed E-state index contributed by atoms with van der Waals surface area (Å²) in [7, 11) is 0. The second-order valence-corrected chi connectivity index (χ2v) is 6.30. The van der Waals surface area contributed by atoms with E-state index >= 15 is 0 Å². The Kier molecular flexibility index (Phi) is 4.67. The van der Waals surface area contributed by atoms with Crippen LogP contribution in [0.5, 0.6) is 0 Å². The highest BCUT2D eigenvalue weighted by atomic mass is 32.2. The van der Waals surface area contributed by atoms with E-state index in [9.17, 15) is 4.79 Å². The van der Waals surface area contributed by atoms with Gasteiger partial charge in [-0.3, -0.25) is 9.36 Å². The number of aryl methyl sites for hydroxylation is 2. The van der Waals surface area contributed by atoms with Crippen molar-refractivity contribution in [2.75, 3.05) is 5.75 Å². The van der Waals surface area contributed by atoms with E-state index in [2.05, 4.69) is 42.2 Å². The topological polar surface area (TPSA) is 68.0 Å². The van der Waals surface area contributed by atoms with Gasteiger partial charge in [0.2, 0.25) is 0 Å². The molecule has 0 aliphatic rings. The van der Waals surface area contributed by atoms with Gasteiger partial charge in [0.15, 0.2) is 5.16 Å². The van der Waals surface area contributed by atoms with Crippen molar-refractivity contribution in [2.45, 2.75) is 38.8 Å². The number of carboxylic acid groups (broad SMARTS) is 1. The molecule has 0 spiro atoms. The number of carbonyl (C=O) groups is 1. The molecular weight excluding hydrogens is 286 g/mol. The van der Waals surface area contributed by atoms with E-state index < -0.39 is 5.97 Å². The number of aliphatic carboxylic acids is 1.